The number of carbonyl (C=O) groups is 1. The Balaban J connectivity index is 1.55. The zero-order chi connectivity index (χ0) is 21.0. The average molecular weight is 400 g/mol. The number of nitrogens with two attached hydrogens (primary N) is 1. The SMILES string of the molecule is Cc1cc2[nH]c(=O)oc2cc1-c1cc2cc(NC(=O)[C@@H]3C[C@H]3C#N)ncc2c(N)n1. The number of aromatic amines is 1. The van der Waals surface area contributed by atoms with E-state index in [1.165, 1.54) is 0 Å². The number of H-pyrrole nitrogens is 1. The highest BCUT2D eigenvalue weighted by atomic mass is 16.4. The summed E-state index contributed by atoms with van der Waals surface area (Å²) in [5.41, 5.74) is 9.47. The molecule has 1 fully saturated rings. The van der Waals surface area contributed by atoms with Crippen LogP contribution in [0.1, 0.15) is 12.0 Å². The van der Waals surface area contributed by atoms with Crippen LogP contribution < -0.4 is 16.8 Å². The fourth-order valence-corrected chi connectivity index (χ4v) is 3.61. The molecule has 3 heterocycles. The van der Waals surface area contributed by atoms with E-state index in [9.17, 15) is 9.59 Å². The summed E-state index contributed by atoms with van der Waals surface area (Å²) < 4.78 is 5.16. The van der Waals surface area contributed by atoms with Crippen LogP contribution in [0, 0.1) is 30.1 Å². The van der Waals surface area contributed by atoms with Crippen molar-refractivity contribution >= 4 is 39.4 Å². The second-order valence-corrected chi connectivity index (χ2v) is 7.43. The van der Waals surface area contributed by atoms with Crippen LogP contribution in [-0.2, 0) is 4.79 Å². The molecule has 0 unspecified atom stereocenters. The first-order valence-electron chi connectivity index (χ1n) is 9.33. The van der Waals surface area contributed by atoms with E-state index >= 15 is 0 Å². The number of hydrogen-bond donors (Lipinski definition) is 3. The zero-order valence-corrected chi connectivity index (χ0v) is 15.9. The zero-order valence-electron chi connectivity index (χ0n) is 15.9. The average Bonchev–Trinajstić information content (AvgIpc) is 3.41. The first-order valence-corrected chi connectivity index (χ1v) is 9.33. The predicted molar refractivity (Wildman–Crippen MR) is 110 cm³/mol. The molecule has 2 atom stereocenters. The number of carbonyl (C=O) groups excluding carboxylic acids is 1. The molecule has 0 radical (unpaired) electrons. The molecule has 1 aliphatic rings. The molecule has 1 aliphatic carbocycles. The van der Waals surface area contributed by atoms with Crippen molar-refractivity contribution in [3.8, 4) is 17.3 Å². The Morgan fingerprint density at radius 2 is 2.20 bits per heavy atom. The molecule has 9 heteroatoms. The Kier molecular flexibility index (Phi) is 3.83. The number of rotatable bonds is 3. The van der Waals surface area contributed by atoms with Gasteiger partial charge in [0.05, 0.1) is 29.1 Å². The van der Waals surface area contributed by atoms with Crippen molar-refractivity contribution in [2.24, 2.45) is 11.8 Å². The summed E-state index contributed by atoms with van der Waals surface area (Å²) >= 11 is 0. The molecule has 4 aromatic rings. The minimum Gasteiger partial charge on any atom is -0.408 e. The summed E-state index contributed by atoms with van der Waals surface area (Å²) in [5.74, 6) is -0.543. The lowest BCUT2D eigenvalue weighted by Crippen LogP contribution is -2.15. The second kappa shape index (κ2) is 6.42. The van der Waals surface area contributed by atoms with Gasteiger partial charge in [0.1, 0.15) is 11.6 Å². The van der Waals surface area contributed by atoms with E-state index in [4.69, 9.17) is 15.4 Å². The third kappa shape index (κ3) is 2.95. The smallest absolute Gasteiger partial charge is 0.408 e. The number of nitrogen functional groups attached to an aromatic ring is 1. The van der Waals surface area contributed by atoms with E-state index in [0.717, 1.165) is 16.5 Å². The number of pyridine rings is 2. The summed E-state index contributed by atoms with van der Waals surface area (Å²) in [6.45, 7) is 1.90. The number of hydrogen-bond acceptors (Lipinski definition) is 7. The van der Waals surface area contributed by atoms with Crippen LogP contribution in [0.2, 0.25) is 0 Å². The lowest BCUT2D eigenvalue weighted by Gasteiger charge is -2.10. The maximum Gasteiger partial charge on any atom is 0.417 e. The summed E-state index contributed by atoms with van der Waals surface area (Å²) in [7, 11) is 0. The Morgan fingerprint density at radius 1 is 1.37 bits per heavy atom. The van der Waals surface area contributed by atoms with Gasteiger partial charge < -0.3 is 15.5 Å². The van der Waals surface area contributed by atoms with Crippen molar-refractivity contribution in [3.05, 3.63) is 46.6 Å². The molecular formula is C21H16N6O3. The molecule has 30 heavy (non-hydrogen) atoms. The monoisotopic (exact) mass is 400 g/mol. The topological polar surface area (TPSA) is 151 Å². The van der Waals surface area contributed by atoms with Crippen LogP contribution >= 0.6 is 0 Å². The van der Waals surface area contributed by atoms with Crippen molar-refractivity contribution in [1.82, 2.24) is 15.0 Å². The third-order valence-corrected chi connectivity index (χ3v) is 5.33. The van der Waals surface area contributed by atoms with Crippen LogP contribution in [0.25, 0.3) is 33.1 Å². The number of nitrogens with one attached hydrogen (secondary N) is 2. The predicted octanol–water partition coefficient (Wildman–Crippen LogP) is 2.72. The number of anilines is 2. The normalized spacial score (nSPS) is 17.7. The summed E-state index contributed by atoms with van der Waals surface area (Å²) in [5, 5.41) is 13.1. The number of aryl methyl sites for hydroxylation is 1. The number of amides is 1. The van der Waals surface area contributed by atoms with E-state index in [2.05, 4.69) is 26.3 Å². The maximum atomic E-state index is 12.2. The molecular weight excluding hydrogens is 384 g/mol. The van der Waals surface area contributed by atoms with Gasteiger partial charge in [-0.15, -0.1) is 0 Å². The Morgan fingerprint density at radius 3 is 2.97 bits per heavy atom. The van der Waals surface area contributed by atoms with Crippen molar-refractivity contribution in [2.75, 3.05) is 11.1 Å². The largest absolute Gasteiger partial charge is 0.417 e. The fraction of sp³-hybridized carbons (Fsp3) is 0.190. The molecule has 1 saturated carbocycles. The highest BCUT2D eigenvalue weighted by Gasteiger charge is 2.43. The lowest BCUT2D eigenvalue weighted by atomic mass is 10.0. The first-order chi connectivity index (χ1) is 14.4. The molecule has 1 aromatic carbocycles. The number of aromatic nitrogens is 3. The van der Waals surface area contributed by atoms with Crippen LogP contribution in [0.15, 0.2) is 39.7 Å². The molecule has 0 spiro atoms. The molecule has 4 N–H and O–H groups in total. The minimum absolute atomic E-state index is 0.209. The summed E-state index contributed by atoms with van der Waals surface area (Å²) in [6.07, 6.45) is 2.14. The number of nitrogens with zero attached hydrogens (tertiary/aromatic N) is 3. The van der Waals surface area contributed by atoms with Crippen molar-refractivity contribution in [1.29, 1.82) is 5.26 Å². The van der Waals surface area contributed by atoms with E-state index in [0.29, 0.717) is 40.2 Å². The van der Waals surface area contributed by atoms with Crippen LogP contribution in [-0.4, -0.2) is 20.9 Å². The highest BCUT2D eigenvalue weighted by molar-refractivity contribution is 5.99. The number of fused-ring (bicyclic) bond motifs is 2. The Hall–Kier alpha value is -4.19. The standard InChI is InChI=1S/C21H16N6O3/c1-9-2-16-17(30-21(29)26-16)6-12(9)15-4-10-5-18(24-8-14(10)19(23)25-15)27-20(28)13-3-11(13)7-22/h2,4-6,8,11,13H,3H2,1H3,(H2,23,25)(H,26,29)(H,24,27,28)/t11-,13+/m0/s1. The first kappa shape index (κ1) is 17.9. The molecule has 5 rings (SSSR count). The summed E-state index contributed by atoms with van der Waals surface area (Å²) in [6, 6.07) is 9.23. The van der Waals surface area contributed by atoms with Crippen molar-refractivity contribution in [3.63, 3.8) is 0 Å². The van der Waals surface area contributed by atoms with Gasteiger partial charge in [-0.3, -0.25) is 9.78 Å². The van der Waals surface area contributed by atoms with Gasteiger partial charge in [-0.25, -0.2) is 14.8 Å². The maximum absolute atomic E-state index is 12.2. The van der Waals surface area contributed by atoms with E-state index < -0.39 is 5.76 Å². The minimum atomic E-state index is -0.520. The van der Waals surface area contributed by atoms with E-state index in [-0.39, 0.29) is 17.7 Å². The molecule has 3 aromatic heterocycles. The molecule has 0 bridgehead atoms. The van der Waals surface area contributed by atoms with Gasteiger partial charge in [-0.1, -0.05) is 0 Å². The number of oxazole rings is 1. The van der Waals surface area contributed by atoms with E-state index in [1.54, 1.807) is 18.3 Å². The Labute approximate surface area is 169 Å². The number of benzene rings is 1. The molecule has 0 aliphatic heterocycles. The molecule has 0 saturated heterocycles. The van der Waals surface area contributed by atoms with Gasteiger partial charge in [-0.2, -0.15) is 5.26 Å². The van der Waals surface area contributed by atoms with Crippen LogP contribution in [0.3, 0.4) is 0 Å². The summed E-state index contributed by atoms with van der Waals surface area (Å²) in [4.78, 5) is 35.1. The van der Waals surface area contributed by atoms with Gasteiger partial charge in [0.15, 0.2) is 5.58 Å². The van der Waals surface area contributed by atoms with Crippen molar-refractivity contribution in [2.45, 2.75) is 13.3 Å². The number of nitriles is 1. The highest BCUT2D eigenvalue weighted by Crippen LogP contribution is 2.38. The third-order valence-electron chi connectivity index (χ3n) is 5.33. The Bertz CT molecular complexity index is 1450. The lowest BCUT2D eigenvalue weighted by molar-refractivity contribution is -0.117. The molecule has 9 nitrogen and oxygen atoms in total. The molecule has 1 amide bonds. The van der Waals surface area contributed by atoms with Gasteiger partial charge >= 0.3 is 5.76 Å². The van der Waals surface area contributed by atoms with E-state index in [1.807, 2.05) is 19.1 Å². The van der Waals surface area contributed by atoms with Crippen LogP contribution in [0.4, 0.5) is 11.6 Å². The molecule has 148 valence electrons. The van der Waals surface area contributed by atoms with Gasteiger partial charge in [0.2, 0.25) is 5.91 Å². The van der Waals surface area contributed by atoms with Crippen LogP contribution in [0.5, 0.6) is 0 Å². The second-order valence-electron chi connectivity index (χ2n) is 7.43. The fourth-order valence-electron chi connectivity index (χ4n) is 3.61. The van der Waals surface area contributed by atoms with Gasteiger partial charge in [0, 0.05) is 17.1 Å². The van der Waals surface area contributed by atoms with Gasteiger partial charge in [-0.05, 0) is 48.6 Å². The van der Waals surface area contributed by atoms with Gasteiger partial charge in [0.25, 0.3) is 0 Å². The van der Waals surface area contributed by atoms with Crippen molar-refractivity contribution < 1.29 is 9.21 Å². The quantitative estimate of drug-likeness (QED) is 0.478.